The summed E-state index contributed by atoms with van der Waals surface area (Å²) in [5.74, 6) is -1.02. The van der Waals surface area contributed by atoms with Crippen LogP contribution in [0.4, 0.5) is 5.69 Å². The van der Waals surface area contributed by atoms with E-state index >= 15 is 0 Å². The summed E-state index contributed by atoms with van der Waals surface area (Å²) in [6, 6.07) is 12.1. The van der Waals surface area contributed by atoms with Crippen molar-refractivity contribution >= 4 is 51.2 Å². The van der Waals surface area contributed by atoms with E-state index in [-0.39, 0.29) is 22.4 Å². The third kappa shape index (κ3) is 3.86. The Balaban J connectivity index is 2.12. The molecule has 6 nitrogen and oxygen atoms in total. The average Bonchev–Trinajstić information content (AvgIpc) is 3.07. The largest absolute Gasteiger partial charge is 0.465 e. The van der Waals surface area contributed by atoms with Crippen molar-refractivity contribution < 1.29 is 23.9 Å². The van der Waals surface area contributed by atoms with E-state index in [0.717, 1.165) is 10.0 Å². The summed E-state index contributed by atoms with van der Waals surface area (Å²) < 4.78 is 10.4. The Morgan fingerprint density at radius 1 is 1.07 bits per heavy atom. The lowest BCUT2D eigenvalue weighted by atomic mass is 10.1. The number of amides is 1. The Labute approximate surface area is 168 Å². The van der Waals surface area contributed by atoms with Gasteiger partial charge in [0.05, 0.1) is 31.1 Å². The SMILES string of the molecule is COC(=O)c1cc(C(=O)OC)cc(N2C(=O)CSC2c2ccccc2Br)c1. The van der Waals surface area contributed by atoms with E-state index in [0.29, 0.717) is 11.4 Å². The molecule has 0 N–H and O–H groups in total. The van der Waals surface area contributed by atoms with Crippen molar-refractivity contribution in [3.63, 3.8) is 0 Å². The fourth-order valence-corrected chi connectivity index (χ4v) is 4.70. The van der Waals surface area contributed by atoms with Crippen LogP contribution in [0.3, 0.4) is 0 Å². The Bertz CT molecular complexity index is 882. The smallest absolute Gasteiger partial charge is 0.337 e. The highest BCUT2D eigenvalue weighted by Gasteiger charge is 2.35. The number of halogens is 1. The number of anilines is 1. The second kappa shape index (κ2) is 8.14. The third-order valence-electron chi connectivity index (χ3n) is 4.08. The van der Waals surface area contributed by atoms with Crippen molar-refractivity contribution in [1.29, 1.82) is 0 Å². The molecular weight excluding hydrogens is 434 g/mol. The van der Waals surface area contributed by atoms with Crippen molar-refractivity contribution in [2.75, 3.05) is 24.9 Å². The molecule has 27 heavy (non-hydrogen) atoms. The number of carbonyl (C=O) groups excluding carboxylic acids is 3. The lowest BCUT2D eigenvalue weighted by Crippen LogP contribution is -2.28. The minimum atomic E-state index is -0.598. The molecule has 0 aliphatic carbocycles. The number of rotatable bonds is 4. The van der Waals surface area contributed by atoms with Crippen molar-refractivity contribution in [2.24, 2.45) is 0 Å². The standard InChI is InChI=1S/C19H16BrNO5S/c1-25-18(23)11-7-12(19(24)26-2)9-13(8-11)21-16(22)10-27-17(21)14-5-3-4-6-15(14)20/h3-9,17H,10H2,1-2H3. The van der Waals surface area contributed by atoms with Gasteiger partial charge in [-0.3, -0.25) is 9.69 Å². The highest BCUT2D eigenvalue weighted by atomic mass is 79.9. The summed E-state index contributed by atoms with van der Waals surface area (Å²) in [5.41, 5.74) is 1.71. The molecule has 140 valence electrons. The zero-order chi connectivity index (χ0) is 19.6. The maximum atomic E-state index is 12.6. The molecule has 1 amide bonds. The number of hydrogen-bond donors (Lipinski definition) is 0. The van der Waals surface area contributed by atoms with Crippen LogP contribution in [0.1, 0.15) is 31.7 Å². The molecule has 0 saturated carbocycles. The van der Waals surface area contributed by atoms with Crippen LogP contribution < -0.4 is 4.90 Å². The summed E-state index contributed by atoms with van der Waals surface area (Å²) in [6.07, 6.45) is 0. The number of methoxy groups -OCH3 is 2. The van der Waals surface area contributed by atoms with Crippen molar-refractivity contribution in [3.05, 3.63) is 63.6 Å². The van der Waals surface area contributed by atoms with Gasteiger partial charge < -0.3 is 9.47 Å². The van der Waals surface area contributed by atoms with Gasteiger partial charge in [-0.1, -0.05) is 34.1 Å². The number of carbonyl (C=O) groups is 3. The number of nitrogens with zero attached hydrogens (tertiary/aromatic N) is 1. The van der Waals surface area contributed by atoms with Gasteiger partial charge in [0, 0.05) is 10.2 Å². The number of thioether (sulfide) groups is 1. The quantitative estimate of drug-likeness (QED) is 0.660. The predicted octanol–water partition coefficient (Wildman–Crippen LogP) is 3.80. The van der Waals surface area contributed by atoms with Crippen LogP contribution in [0.15, 0.2) is 46.9 Å². The molecule has 0 bridgehead atoms. The summed E-state index contributed by atoms with van der Waals surface area (Å²) in [7, 11) is 2.52. The first kappa shape index (κ1) is 19.4. The van der Waals surface area contributed by atoms with Crippen LogP contribution in [-0.2, 0) is 14.3 Å². The van der Waals surface area contributed by atoms with E-state index in [9.17, 15) is 14.4 Å². The van der Waals surface area contributed by atoms with Gasteiger partial charge in [0.15, 0.2) is 0 Å². The van der Waals surface area contributed by atoms with Gasteiger partial charge in [-0.15, -0.1) is 11.8 Å². The van der Waals surface area contributed by atoms with Gasteiger partial charge in [-0.25, -0.2) is 9.59 Å². The first-order valence-electron chi connectivity index (χ1n) is 7.96. The molecule has 8 heteroatoms. The van der Waals surface area contributed by atoms with Gasteiger partial charge in [0.1, 0.15) is 5.37 Å². The molecular formula is C19H16BrNO5S. The first-order chi connectivity index (χ1) is 13.0. The number of hydrogen-bond acceptors (Lipinski definition) is 6. The summed E-state index contributed by atoms with van der Waals surface area (Å²) in [6.45, 7) is 0. The highest BCUT2D eigenvalue weighted by molar-refractivity contribution is 9.10. The molecule has 2 aromatic rings. The van der Waals surface area contributed by atoms with Gasteiger partial charge in [-0.2, -0.15) is 0 Å². The zero-order valence-electron chi connectivity index (χ0n) is 14.6. The second-order valence-electron chi connectivity index (χ2n) is 5.70. The Kier molecular flexibility index (Phi) is 5.86. The van der Waals surface area contributed by atoms with Crippen LogP contribution in [0.25, 0.3) is 0 Å². The molecule has 1 saturated heterocycles. The summed E-state index contributed by atoms with van der Waals surface area (Å²) in [5, 5.41) is -0.286. The molecule has 1 unspecified atom stereocenters. The van der Waals surface area contributed by atoms with Crippen LogP contribution in [-0.4, -0.2) is 37.8 Å². The number of benzene rings is 2. The fourth-order valence-electron chi connectivity index (χ4n) is 2.83. The molecule has 0 spiro atoms. The molecule has 1 aliphatic rings. The Morgan fingerprint density at radius 3 is 2.22 bits per heavy atom. The maximum absolute atomic E-state index is 12.6. The van der Waals surface area contributed by atoms with E-state index in [4.69, 9.17) is 9.47 Å². The van der Waals surface area contributed by atoms with E-state index < -0.39 is 11.9 Å². The third-order valence-corrected chi connectivity index (χ3v) is 5.99. The van der Waals surface area contributed by atoms with E-state index in [1.165, 1.54) is 32.0 Å². The minimum absolute atomic E-state index is 0.112. The summed E-state index contributed by atoms with van der Waals surface area (Å²) in [4.78, 5) is 38.3. The van der Waals surface area contributed by atoms with Gasteiger partial charge in [0.25, 0.3) is 0 Å². The van der Waals surface area contributed by atoms with E-state index in [2.05, 4.69) is 15.9 Å². The van der Waals surface area contributed by atoms with Crippen molar-refractivity contribution in [2.45, 2.75) is 5.37 Å². The Hall–Kier alpha value is -2.32. The summed E-state index contributed by atoms with van der Waals surface area (Å²) >= 11 is 5.00. The average molecular weight is 450 g/mol. The first-order valence-corrected chi connectivity index (χ1v) is 9.80. The number of ether oxygens (including phenoxy) is 2. The molecule has 1 atom stereocenters. The minimum Gasteiger partial charge on any atom is -0.465 e. The van der Waals surface area contributed by atoms with Gasteiger partial charge in [0.2, 0.25) is 5.91 Å². The fraction of sp³-hybridized carbons (Fsp3) is 0.211. The maximum Gasteiger partial charge on any atom is 0.337 e. The van der Waals surface area contributed by atoms with E-state index in [1.807, 2.05) is 24.3 Å². The predicted molar refractivity (Wildman–Crippen MR) is 106 cm³/mol. The normalized spacial score (nSPS) is 16.3. The van der Waals surface area contributed by atoms with E-state index in [1.54, 1.807) is 17.0 Å². The monoisotopic (exact) mass is 449 g/mol. The van der Waals surface area contributed by atoms with Gasteiger partial charge >= 0.3 is 11.9 Å². The molecule has 0 radical (unpaired) electrons. The number of esters is 2. The highest BCUT2D eigenvalue weighted by Crippen LogP contribution is 2.44. The lowest BCUT2D eigenvalue weighted by Gasteiger charge is -2.26. The van der Waals surface area contributed by atoms with Crippen molar-refractivity contribution in [1.82, 2.24) is 0 Å². The topological polar surface area (TPSA) is 72.9 Å². The molecule has 3 rings (SSSR count). The van der Waals surface area contributed by atoms with Crippen LogP contribution in [0.5, 0.6) is 0 Å². The molecule has 0 aromatic heterocycles. The second-order valence-corrected chi connectivity index (χ2v) is 7.62. The van der Waals surface area contributed by atoms with Gasteiger partial charge in [-0.05, 0) is 29.8 Å². The molecule has 1 fully saturated rings. The Morgan fingerprint density at radius 2 is 1.67 bits per heavy atom. The van der Waals surface area contributed by atoms with Crippen LogP contribution in [0, 0.1) is 0 Å². The molecule has 1 aliphatic heterocycles. The zero-order valence-corrected chi connectivity index (χ0v) is 17.0. The lowest BCUT2D eigenvalue weighted by molar-refractivity contribution is -0.115. The van der Waals surface area contributed by atoms with Crippen LogP contribution >= 0.6 is 27.7 Å². The molecule has 2 aromatic carbocycles. The van der Waals surface area contributed by atoms with Crippen molar-refractivity contribution in [3.8, 4) is 0 Å². The van der Waals surface area contributed by atoms with Crippen LogP contribution in [0.2, 0.25) is 0 Å². The molecule has 1 heterocycles.